The minimum Gasteiger partial charge on any atom is -0.494 e. The van der Waals surface area contributed by atoms with E-state index in [0.717, 1.165) is 0 Å². The topological polar surface area (TPSA) is 59.6 Å². The molecular formula is C15H25ClN2O3. The number of amides is 1. The summed E-state index contributed by atoms with van der Waals surface area (Å²) in [6, 6.07) is 5.44. The summed E-state index contributed by atoms with van der Waals surface area (Å²) in [5.74, 6) is 1.20. The van der Waals surface area contributed by atoms with E-state index in [0.29, 0.717) is 36.9 Å². The molecule has 0 heterocycles. The van der Waals surface area contributed by atoms with Gasteiger partial charge in [-0.2, -0.15) is 0 Å². The largest absolute Gasteiger partial charge is 0.494 e. The molecule has 1 aromatic rings. The number of nitrogens with one attached hydrogen (secondary N) is 2. The molecule has 21 heavy (non-hydrogen) atoms. The molecule has 2 N–H and O–H groups in total. The molecule has 120 valence electrons. The monoisotopic (exact) mass is 316 g/mol. The van der Waals surface area contributed by atoms with Crippen LogP contribution in [0.4, 0.5) is 5.69 Å². The third-order valence-electron chi connectivity index (χ3n) is 2.78. The van der Waals surface area contributed by atoms with Crippen LogP contribution in [0.2, 0.25) is 0 Å². The van der Waals surface area contributed by atoms with E-state index in [9.17, 15) is 4.79 Å². The van der Waals surface area contributed by atoms with Crippen LogP contribution < -0.4 is 20.1 Å². The van der Waals surface area contributed by atoms with E-state index >= 15 is 0 Å². The van der Waals surface area contributed by atoms with E-state index in [1.54, 1.807) is 6.07 Å². The standard InChI is InChI=1S/C15H24N2O3.ClH/c1-5-19-12-7-8-14(20-6-2)13(9-12)17-15(18)11(3)10-16-4;/h7-9,11,16H,5-6,10H2,1-4H3,(H,17,18);1H. The highest BCUT2D eigenvalue weighted by Gasteiger charge is 2.15. The third-order valence-corrected chi connectivity index (χ3v) is 2.78. The fourth-order valence-electron chi connectivity index (χ4n) is 1.80. The Balaban J connectivity index is 0.00000400. The number of hydrogen-bond acceptors (Lipinski definition) is 4. The fraction of sp³-hybridized carbons (Fsp3) is 0.533. The molecule has 0 saturated heterocycles. The smallest absolute Gasteiger partial charge is 0.228 e. The maximum absolute atomic E-state index is 12.1. The van der Waals surface area contributed by atoms with Gasteiger partial charge in [0.15, 0.2) is 0 Å². The Morgan fingerprint density at radius 1 is 1.24 bits per heavy atom. The summed E-state index contributed by atoms with van der Waals surface area (Å²) in [5, 5.41) is 5.88. The number of benzene rings is 1. The van der Waals surface area contributed by atoms with Crippen LogP contribution in [0.5, 0.6) is 11.5 Å². The van der Waals surface area contributed by atoms with Crippen LogP contribution >= 0.6 is 12.4 Å². The molecule has 1 amide bonds. The van der Waals surface area contributed by atoms with Crippen LogP contribution in [0.3, 0.4) is 0 Å². The number of carbonyl (C=O) groups is 1. The lowest BCUT2D eigenvalue weighted by atomic mass is 10.1. The van der Waals surface area contributed by atoms with Crippen molar-refractivity contribution in [2.45, 2.75) is 20.8 Å². The van der Waals surface area contributed by atoms with Crippen LogP contribution in [-0.4, -0.2) is 32.7 Å². The van der Waals surface area contributed by atoms with Crippen LogP contribution in [0.25, 0.3) is 0 Å². The first-order chi connectivity index (χ1) is 9.62. The molecule has 1 aromatic carbocycles. The van der Waals surface area contributed by atoms with Crippen molar-refractivity contribution in [3.8, 4) is 11.5 Å². The van der Waals surface area contributed by atoms with Gasteiger partial charge in [0.25, 0.3) is 0 Å². The lowest BCUT2D eigenvalue weighted by Crippen LogP contribution is -2.28. The molecule has 1 atom stereocenters. The Labute approximate surface area is 132 Å². The normalized spacial score (nSPS) is 11.2. The maximum Gasteiger partial charge on any atom is 0.228 e. The lowest BCUT2D eigenvalue weighted by molar-refractivity contribution is -0.119. The Bertz CT molecular complexity index is 441. The van der Waals surface area contributed by atoms with Gasteiger partial charge in [0.05, 0.1) is 18.9 Å². The summed E-state index contributed by atoms with van der Waals surface area (Å²) in [6.45, 7) is 7.45. The van der Waals surface area contributed by atoms with E-state index in [2.05, 4.69) is 10.6 Å². The summed E-state index contributed by atoms with van der Waals surface area (Å²) >= 11 is 0. The minimum absolute atomic E-state index is 0. The van der Waals surface area contributed by atoms with Crippen molar-refractivity contribution in [1.29, 1.82) is 0 Å². The molecule has 0 aliphatic rings. The Hall–Kier alpha value is -1.46. The number of carbonyl (C=O) groups excluding carboxylic acids is 1. The molecule has 1 unspecified atom stereocenters. The van der Waals surface area contributed by atoms with Gasteiger partial charge in [0.1, 0.15) is 11.5 Å². The van der Waals surface area contributed by atoms with Crippen molar-refractivity contribution in [3.05, 3.63) is 18.2 Å². The summed E-state index contributed by atoms with van der Waals surface area (Å²) < 4.78 is 11.0. The van der Waals surface area contributed by atoms with Crippen LogP contribution in [0.1, 0.15) is 20.8 Å². The first-order valence-corrected chi connectivity index (χ1v) is 6.97. The first-order valence-electron chi connectivity index (χ1n) is 6.97. The van der Waals surface area contributed by atoms with Crippen molar-refractivity contribution in [2.24, 2.45) is 5.92 Å². The molecule has 6 heteroatoms. The minimum atomic E-state index is -0.120. The highest BCUT2D eigenvalue weighted by molar-refractivity contribution is 5.94. The zero-order valence-corrected chi connectivity index (χ0v) is 13.9. The average Bonchev–Trinajstić information content (AvgIpc) is 2.42. The van der Waals surface area contributed by atoms with Crippen molar-refractivity contribution in [2.75, 3.05) is 32.1 Å². The van der Waals surface area contributed by atoms with Crippen molar-refractivity contribution in [3.63, 3.8) is 0 Å². The van der Waals surface area contributed by atoms with E-state index < -0.39 is 0 Å². The molecule has 0 spiro atoms. The van der Waals surface area contributed by atoms with E-state index in [4.69, 9.17) is 9.47 Å². The summed E-state index contributed by atoms with van der Waals surface area (Å²) in [5.41, 5.74) is 0.644. The summed E-state index contributed by atoms with van der Waals surface area (Å²) in [6.07, 6.45) is 0. The Morgan fingerprint density at radius 2 is 1.90 bits per heavy atom. The summed E-state index contributed by atoms with van der Waals surface area (Å²) in [7, 11) is 1.82. The van der Waals surface area contributed by atoms with Gasteiger partial charge in [-0.05, 0) is 33.0 Å². The van der Waals surface area contributed by atoms with Crippen molar-refractivity contribution >= 4 is 24.0 Å². The average molecular weight is 317 g/mol. The second kappa shape index (κ2) is 10.3. The second-order valence-electron chi connectivity index (χ2n) is 4.47. The molecule has 0 radical (unpaired) electrons. The van der Waals surface area contributed by atoms with Gasteiger partial charge in [-0.3, -0.25) is 4.79 Å². The Morgan fingerprint density at radius 3 is 2.48 bits per heavy atom. The zero-order valence-electron chi connectivity index (χ0n) is 13.1. The van der Waals surface area contributed by atoms with E-state index in [1.807, 2.05) is 40.0 Å². The molecule has 5 nitrogen and oxygen atoms in total. The number of hydrogen-bond donors (Lipinski definition) is 2. The maximum atomic E-state index is 12.1. The molecule has 0 bridgehead atoms. The van der Waals surface area contributed by atoms with Gasteiger partial charge < -0.3 is 20.1 Å². The highest BCUT2D eigenvalue weighted by atomic mass is 35.5. The van der Waals surface area contributed by atoms with Gasteiger partial charge in [0.2, 0.25) is 5.91 Å². The molecule has 0 aliphatic carbocycles. The van der Waals surface area contributed by atoms with Gasteiger partial charge in [-0.15, -0.1) is 12.4 Å². The molecule has 0 fully saturated rings. The number of rotatable bonds is 8. The van der Waals surface area contributed by atoms with Crippen molar-refractivity contribution < 1.29 is 14.3 Å². The quantitative estimate of drug-likeness (QED) is 0.774. The molecular weight excluding hydrogens is 292 g/mol. The van der Waals surface area contributed by atoms with Crippen LogP contribution in [0, 0.1) is 5.92 Å². The molecule has 0 aliphatic heterocycles. The van der Waals surface area contributed by atoms with Gasteiger partial charge in [-0.1, -0.05) is 6.92 Å². The molecule has 0 aromatic heterocycles. The van der Waals surface area contributed by atoms with Crippen LogP contribution in [0.15, 0.2) is 18.2 Å². The number of halogens is 1. The number of anilines is 1. The highest BCUT2D eigenvalue weighted by Crippen LogP contribution is 2.29. The van der Waals surface area contributed by atoms with Gasteiger partial charge in [0, 0.05) is 18.5 Å². The SMILES string of the molecule is CCOc1ccc(OCC)c(NC(=O)C(C)CNC)c1.Cl. The predicted molar refractivity (Wildman–Crippen MR) is 87.7 cm³/mol. The van der Waals surface area contributed by atoms with Crippen LogP contribution in [-0.2, 0) is 4.79 Å². The summed E-state index contributed by atoms with van der Waals surface area (Å²) in [4.78, 5) is 12.1. The van der Waals surface area contributed by atoms with Crippen molar-refractivity contribution in [1.82, 2.24) is 5.32 Å². The second-order valence-corrected chi connectivity index (χ2v) is 4.47. The van der Waals surface area contributed by atoms with E-state index in [1.165, 1.54) is 0 Å². The van der Waals surface area contributed by atoms with E-state index in [-0.39, 0.29) is 24.2 Å². The Kier molecular flexibility index (Phi) is 9.58. The van der Waals surface area contributed by atoms with Gasteiger partial charge >= 0.3 is 0 Å². The lowest BCUT2D eigenvalue weighted by Gasteiger charge is -2.16. The third kappa shape index (κ3) is 6.23. The van der Waals surface area contributed by atoms with Gasteiger partial charge in [-0.25, -0.2) is 0 Å². The molecule has 0 saturated carbocycles. The zero-order chi connectivity index (χ0) is 15.0. The first kappa shape index (κ1) is 19.5. The molecule has 1 rings (SSSR count). The fourth-order valence-corrected chi connectivity index (χ4v) is 1.80. The number of ether oxygens (including phenoxy) is 2. The predicted octanol–water partition coefficient (Wildman–Crippen LogP) is 2.70.